The molecule has 5 rings (SSSR count). The Labute approximate surface area is 211 Å². The van der Waals surface area contributed by atoms with Crippen LogP contribution in [0.1, 0.15) is 32.3 Å². The summed E-state index contributed by atoms with van der Waals surface area (Å²) < 4.78 is 12.6. The minimum atomic E-state index is 0.00760. The summed E-state index contributed by atoms with van der Waals surface area (Å²) in [5.41, 5.74) is 0.979. The lowest BCUT2D eigenvalue weighted by atomic mass is 10.1. The molecule has 3 aromatic rings. The predicted molar refractivity (Wildman–Crippen MR) is 135 cm³/mol. The number of ether oxygens (including phenoxy) is 2. The third-order valence-corrected chi connectivity index (χ3v) is 6.59. The van der Waals surface area contributed by atoms with Gasteiger partial charge in [-0.15, -0.1) is 0 Å². The van der Waals surface area contributed by atoms with Gasteiger partial charge in [-0.2, -0.15) is 4.98 Å². The van der Waals surface area contributed by atoms with Gasteiger partial charge in [0.15, 0.2) is 11.5 Å². The number of nitrogens with zero attached hydrogens (tertiary/aromatic N) is 6. The van der Waals surface area contributed by atoms with Gasteiger partial charge >= 0.3 is 0 Å². The van der Waals surface area contributed by atoms with E-state index in [1.54, 1.807) is 23.3 Å². The van der Waals surface area contributed by atoms with Gasteiger partial charge < -0.3 is 19.7 Å². The summed E-state index contributed by atoms with van der Waals surface area (Å²) in [6.45, 7) is 8.76. The van der Waals surface area contributed by atoms with Gasteiger partial charge in [-0.1, -0.05) is 19.9 Å². The average Bonchev–Trinajstić information content (AvgIpc) is 3.59. The molecule has 1 aromatic carbocycles. The van der Waals surface area contributed by atoms with Crippen LogP contribution in [0.15, 0.2) is 49.2 Å². The van der Waals surface area contributed by atoms with E-state index in [0.717, 1.165) is 55.5 Å². The van der Waals surface area contributed by atoms with Crippen LogP contribution in [-0.2, 0) is 11.3 Å². The zero-order chi connectivity index (χ0) is 24.9. The highest BCUT2D eigenvalue weighted by Crippen LogP contribution is 2.32. The number of aromatic nitrogens is 4. The van der Waals surface area contributed by atoms with Crippen molar-refractivity contribution in [1.82, 2.24) is 29.7 Å². The largest absolute Gasteiger partial charge is 0.454 e. The highest BCUT2D eigenvalue weighted by Gasteiger charge is 2.30. The van der Waals surface area contributed by atoms with E-state index in [1.165, 1.54) is 0 Å². The number of carbonyl (C=O) groups excluding carboxylic acids is 1. The Bertz CT molecular complexity index is 1170. The highest BCUT2D eigenvalue weighted by atomic mass is 16.7. The molecular weight excluding hydrogens is 458 g/mol. The van der Waals surface area contributed by atoms with Gasteiger partial charge in [0.1, 0.15) is 12.1 Å². The number of amides is 1. The minimum Gasteiger partial charge on any atom is -0.454 e. The van der Waals surface area contributed by atoms with E-state index in [2.05, 4.69) is 38.9 Å². The van der Waals surface area contributed by atoms with Crippen LogP contribution in [0.3, 0.4) is 0 Å². The minimum absolute atomic E-state index is 0.00760. The molecule has 36 heavy (non-hydrogen) atoms. The Morgan fingerprint density at radius 1 is 1.17 bits per heavy atom. The Balaban J connectivity index is 1.27. The fraction of sp³-hybridized carbons (Fsp3) is 0.462. The quantitative estimate of drug-likeness (QED) is 0.488. The molecule has 2 aliphatic rings. The van der Waals surface area contributed by atoms with Crippen molar-refractivity contribution >= 4 is 11.7 Å². The van der Waals surface area contributed by atoms with Crippen LogP contribution in [0, 0.1) is 5.92 Å². The maximum atomic E-state index is 13.1. The van der Waals surface area contributed by atoms with E-state index in [0.29, 0.717) is 24.8 Å². The number of piperazine rings is 1. The van der Waals surface area contributed by atoms with E-state index >= 15 is 0 Å². The molecule has 10 heteroatoms. The van der Waals surface area contributed by atoms with Crippen LogP contribution in [0.4, 0.5) is 5.82 Å². The zero-order valence-electron chi connectivity index (χ0n) is 20.8. The summed E-state index contributed by atoms with van der Waals surface area (Å²) in [6.07, 6.45) is 8.50. The molecular formula is C26H33N7O3. The number of hydrogen-bond donors (Lipinski definition) is 1. The van der Waals surface area contributed by atoms with Crippen molar-refractivity contribution in [3.05, 3.63) is 54.7 Å². The first-order valence-electron chi connectivity index (χ1n) is 12.5. The summed E-state index contributed by atoms with van der Waals surface area (Å²) in [4.78, 5) is 31.0. The van der Waals surface area contributed by atoms with Crippen molar-refractivity contribution < 1.29 is 14.3 Å². The smallest absolute Gasteiger partial charge is 0.236 e. The molecule has 1 atom stereocenters. The third-order valence-electron chi connectivity index (χ3n) is 6.59. The molecule has 0 radical (unpaired) electrons. The van der Waals surface area contributed by atoms with E-state index in [-0.39, 0.29) is 18.7 Å². The second-order valence-corrected chi connectivity index (χ2v) is 9.68. The van der Waals surface area contributed by atoms with Crippen molar-refractivity contribution in [3.63, 3.8) is 0 Å². The van der Waals surface area contributed by atoms with Gasteiger partial charge in [-0.25, -0.2) is 9.97 Å². The average molecular weight is 492 g/mol. The van der Waals surface area contributed by atoms with Gasteiger partial charge in [-0.05, 0) is 42.6 Å². The first-order valence-corrected chi connectivity index (χ1v) is 12.5. The molecule has 0 bridgehead atoms. The van der Waals surface area contributed by atoms with Gasteiger partial charge in [0.2, 0.25) is 18.6 Å². The lowest BCUT2D eigenvalue weighted by Crippen LogP contribution is -2.55. The molecule has 0 aliphatic carbocycles. The van der Waals surface area contributed by atoms with E-state index in [4.69, 9.17) is 14.5 Å². The number of carbonyl (C=O) groups is 1. The van der Waals surface area contributed by atoms with Crippen molar-refractivity contribution in [2.45, 2.75) is 39.3 Å². The molecule has 4 heterocycles. The van der Waals surface area contributed by atoms with Crippen LogP contribution < -0.4 is 19.7 Å². The number of hydrogen-bond acceptors (Lipinski definition) is 8. The molecule has 1 fully saturated rings. The van der Waals surface area contributed by atoms with Crippen molar-refractivity contribution in [2.24, 2.45) is 5.92 Å². The molecule has 0 saturated carbocycles. The molecule has 10 nitrogen and oxygen atoms in total. The van der Waals surface area contributed by atoms with Crippen LogP contribution in [0.25, 0.3) is 5.95 Å². The number of imidazole rings is 1. The third kappa shape index (κ3) is 5.76. The second kappa shape index (κ2) is 10.9. The highest BCUT2D eigenvalue weighted by molar-refractivity contribution is 5.77. The van der Waals surface area contributed by atoms with Crippen LogP contribution in [0.5, 0.6) is 11.5 Å². The van der Waals surface area contributed by atoms with Crippen LogP contribution >= 0.6 is 0 Å². The Hall–Kier alpha value is -3.66. The summed E-state index contributed by atoms with van der Waals surface area (Å²) in [7, 11) is 0. The molecule has 1 saturated heterocycles. The zero-order valence-corrected chi connectivity index (χ0v) is 20.8. The first-order chi connectivity index (χ1) is 17.5. The van der Waals surface area contributed by atoms with Gasteiger partial charge in [0.05, 0.1) is 6.04 Å². The van der Waals surface area contributed by atoms with Crippen LogP contribution in [-0.4, -0.2) is 69.3 Å². The molecule has 1 unspecified atom stereocenters. The first kappa shape index (κ1) is 24.1. The molecule has 0 spiro atoms. The standard InChI is InChI=1S/C26H33N7O3/c1-19(2)6-9-31-11-12-33(24-5-7-28-26(30-24)32-10-8-27-17-32)21(16-31)14-25(34)29-15-20-3-4-22-23(13-20)36-18-35-22/h3-5,7-8,10,13,17,19,21H,6,9,11-12,14-16,18H2,1-2H3,(H,29,34). The van der Waals surface area contributed by atoms with Gasteiger partial charge in [0, 0.05) is 51.2 Å². The molecule has 2 aromatic heterocycles. The summed E-state index contributed by atoms with van der Waals surface area (Å²) in [5, 5.41) is 3.08. The number of benzene rings is 1. The molecule has 2 aliphatic heterocycles. The monoisotopic (exact) mass is 491 g/mol. The number of fused-ring (bicyclic) bond motifs is 1. The fourth-order valence-corrected chi connectivity index (χ4v) is 4.58. The molecule has 1 N–H and O–H groups in total. The van der Waals surface area contributed by atoms with E-state index in [1.807, 2.05) is 30.5 Å². The summed E-state index contributed by atoms with van der Waals surface area (Å²) >= 11 is 0. The lowest BCUT2D eigenvalue weighted by Gasteiger charge is -2.42. The number of anilines is 1. The predicted octanol–water partition coefficient (Wildman–Crippen LogP) is 2.63. The Kier molecular flexibility index (Phi) is 7.31. The maximum Gasteiger partial charge on any atom is 0.236 e. The Morgan fingerprint density at radius 2 is 2.06 bits per heavy atom. The van der Waals surface area contributed by atoms with Crippen molar-refractivity contribution in [2.75, 3.05) is 37.9 Å². The van der Waals surface area contributed by atoms with Gasteiger partial charge in [-0.3, -0.25) is 14.3 Å². The van der Waals surface area contributed by atoms with Crippen molar-refractivity contribution in [1.29, 1.82) is 0 Å². The Morgan fingerprint density at radius 3 is 2.89 bits per heavy atom. The summed E-state index contributed by atoms with van der Waals surface area (Å²) in [6, 6.07) is 7.68. The number of nitrogens with one attached hydrogen (secondary N) is 1. The second-order valence-electron chi connectivity index (χ2n) is 9.68. The summed E-state index contributed by atoms with van der Waals surface area (Å²) in [5.74, 6) is 3.51. The molecule has 190 valence electrons. The van der Waals surface area contributed by atoms with Crippen molar-refractivity contribution in [3.8, 4) is 17.4 Å². The normalized spacial score (nSPS) is 17.5. The SMILES string of the molecule is CC(C)CCN1CCN(c2ccnc(-n3ccnc3)n2)C(CC(=O)NCc2ccc3c(c2)OCO3)C1. The number of rotatable bonds is 9. The lowest BCUT2D eigenvalue weighted by molar-refractivity contribution is -0.121. The van der Waals surface area contributed by atoms with Gasteiger partial charge in [0.25, 0.3) is 0 Å². The van der Waals surface area contributed by atoms with Crippen LogP contribution in [0.2, 0.25) is 0 Å². The van der Waals surface area contributed by atoms with E-state index < -0.39 is 0 Å². The molecule has 1 amide bonds. The fourth-order valence-electron chi connectivity index (χ4n) is 4.58. The maximum absolute atomic E-state index is 13.1. The van der Waals surface area contributed by atoms with E-state index in [9.17, 15) is 4.79 Å². The topological polar surface area (TPSA) is 97.6 Å².